The van der Waals surface area contributed by atoms with E-state index in [1.165, 1.54) is 31.2 Å². The Bertz CT molecular complexity index is 424. The van der Waals surface area contributed by atoms with Crippen molar-refractivity contribution in [1.82, 2.24) is 9.88 Å². The minimum absolute atomic E-state index is 0.0203. The first kappa shape index (κ1) is 14.0. The lowest BCUT2D eigenvalue weighted by molar-refractivity contribution is 0.0655. The molecule has 0 bridgehead atoms. The van der Waals surface area contributed by atoms with Crippen molar-refractivity contribution in [2.45, 2.75) is 45.6 Å². The molecule has 0 N–H and O–H groups in total. The predicted molar refractivity (Wildman–Crippen MR) is 72.3 cm³/mol. The molecule has 3 nitrogen and oxygen atoms in total. The first-order valence-corrected chi connectivity index (χ1v) is 7.00. The van der Waals surface area contributed by atoms with Gasteiger partial charge in [-0.25, -0.2) is 4.98 Å². The Kier molecular flexibility index (Phi) is 4.51. The van der Waals surface area contributed by atoms with Crippen molar-refractivity contribution >= 4 is 5.91 Å². The molecule has 0 radical (unpaired) electrons. The maximum Gasteiger partial charge on any atom is 0.255 e. The molecule has 0 saturated heterocycles. The molecule has 1 aromatic heterocycles. The Morgan fingerprint density at radius 1 is 1.42 bits per heavy atom. The third kappa shape index (κ3) is 3.52. The lowest BCUT2D eigenvalue weighted by atomic mass is 10.1. The summed E-state index contributed by atoms with van der Waals surface area (Å²) in [6, 6.07) is 3.10. The number of hydrogen-bond acceptors (Lipinski definition) is 2. The van der Waals surface area contributed by atoms with Gasteiger partial charge in [-0.1, -0.05) is 26.7 Å². The summed E-state index contributed by atoms with van der Waals surface area (Å²) < 4.78 is 12.8. The maximum absolute atomic E-state index is 12.8. The number of nitrogens with zero attached hydrogens (tertiary/aromatic N) is 2. The van der Waals surface area contributed by atoms with Gasteiger partial charge < -0.3 is 4.90 Å². The molecule has 19 heavy (non-hydrogen) atoms. The average Bonchev–Trinajstić information content (AvgIpc) is 2.89. The van der Waals surface area contributed by atoms with E-state index in [0.29, 0.717) is 17.5 Å². The summed E-state index contributed by atoms with van der Waals surface area (Å²) in [5.74, 6) is -0.140. The molecule has 1 amide bonds. The molecule has 1 heterocycles. The summed E-state index contributed by atoms with van der Waals surface area (Å²) in [6.45, 7) is 4.97. The highest BCUT2D eigenvalue weighted by atomic mass is 19.1. The van der Waals surface area contributed by atoms with E-state index in [2.05, 4.69) is 18.8 Å². The van der Waals surface area contributed by atoms with Gasteiger partial charge in [-0.3, -0.25) is 4.79 Å². The fourth-order valence-electron chi connectivity index (χ4n) is 2.68. The minimum atomic E-state index is -0.548. The second-order valence-corrected chi connectivity index (χ2v) is 5.66. The summed E-state index contributed by atoms with van der Waals surface area (Å²) >= 11 is 0. The number of hydrogen-bond donors (Lipinski definition) is 0. The predicted octanol–water partition coefficient (Wildman–Crippen LogP) is 3.26. The Morgan fingerprint density at radius 3 is 2.63 bits per heavy atom. The van der Waals surface area contributed by atoms with Gasteiger partial charge in [0.05, 0.1) is 5.56 Å². The number of carbonyl (C=O) groups excluding carboxylic acids is 1. The maximum atomic E-state index is 12.8. The smallest absolute Gasteiger partial charge is 0.255 e. The van der Waals surface area contributed by atoms with Crippen molar-refractivity contribution in [3.05, 3.63) is 29.8 Å². The lowest BCUT2D eigenvalue weighted by Gasteiger charge is -2.30. The van der Waals surface area contributed by atoms with Crippen molar-refractivity contribution in [1.29, 1.82) is 0 Å². The zero-order chi connectivity index (χ0) is 13.8. The van der Waals surface area contributed by atoms with Crippen LogP contribution in [0.1, 0.15) is 49.9 Å². The van der Waals surface area contributed by atoms with E-state index in [4.69, 9.17) is 0 Å². The molecule has 1 saturated carbocycles. The van der Waals surface area contributed by atoms with E-state index in [1.54, 1.807) is 0 Å². The van der Waals surface area contributed by atoms with Gasteiger partial charge >= 0.3 is 0 Å². The molecule has 104 valence electrons. The van der Waals surface area contributed by atoms with E-state index >= 15 is 0 Å². The van der Waals surface area contributed by atoms with Crippen LogP contribution in [-0.4, -0.2) is 28.4 Å². The summed E-state index contributed by atoms with van der Waals surface area (Å²) in [5.41, 5.74) is 0.481. The van der Waals surface area contributed by atoms with Crippen molar-refractivity contribution < 1.29 is 9.18 Å². The zero-order valence-electron chi connectivity index (χ0n) is 11.6. The Hall–Kier alpha value is -1.45. The van der Waals surface area contributed by atoms with Crippen LogP contribution in [0.15, 0.2) is 18.3 Å². The SMILES string of the molecule is CC(C)CN(C(=O)c1ccc(F)nc1)C1CCCC1. The minimum Gasteiger partial charge on any atom is -0.335 e. The van der Waals surface area contributed by atoms with Gasteiger partial charge in [0.15, 0.2) is 0 Å². The number of rotatable bonds is 4. The highest BCUT2D eigenvalue weighted by Gasteiger charge is 2.27. The molecule has 0 aliphatic heterocycles. The highest BCUT2D eigenvalue weighted by Crippen LogP contribution is 2.25. The van der Waals surface area contributed by atoms with Gasteiger partial charge in [0, 0.05) is 18.8 Å². The largest absolute Gasteiger partial charge is 0.335 e. The monoisotopic (exact) mass is 264 g/mol. The number of carbonyl (C=O) groups is 1. The number of amides is 1. The van der Waals surface area contributed by atoms with Crippen LogP contribution in [0.25, 0.3) is 0 Å². The Morgan fingerprint density at radius 2 is 2.11 bits per heavy atom. The summed E-state index contributed by atoms with van der Waals surface area (Å²) in [6.07, 6.45) is 5.86. The molecule has 1 aromatic rings. The first-order valence-electron chi connectivity index (χ1n) is 7.00. The molecule has 2 rings (SSSR count). The number of halogens is 1. The summed E-state index contributed by atoms with van der Waals surface area (Å²) in [7, 11) is 0. The van der Waals surface area contributed by atoms with Crippen molar-refractivity contribution in [3.63, 3.8) is 0 Å². The van der Waals surface area contributed by atoms with E-state index in [9.17, 15) is 9.18 Å². The molecular weight excluding hydrogens is 243 g/mol. The average molecular weight is 264 g/mol. The van der Waals surface area contributed by atoms with Crippen LogP contribution < -0.4 is 0 Å². The van der Waals surface area contributed by atoms with Gasteiger partial charge in [-0.05, 0) is 30.9 Å². The fourth-order valence-corrected chi connectivity index (χ4v) is 2.68. The van der Waals surface area contributed by atoms with Crippen molar-refractivity contribution in [2.24, 2.45) is 5.92 Å². The first-order chi connectivity index (χ1) is 9.08. The molecule has 1 fully saturated rings. The van der Waals surface area contributed by atoms with Crippen LogP contribution >= 0.6 is 0 Å². The van der Waals surface area contributed by atoms with Gasteiger partial charge in [0.1, 0.15) is 0 Å². The zero-order valence-corrected chi connectivity index (χ0v) is 11.6. The van der Waals surface area contributed by atoms with E-state index in [-0.39, 0.29) is 5.91 Å². The van der Waals surface area contributed by atoms with Gasteiger partial charge in [-0.2, -0.15) is 4.39 Å². The Balaban J connectivity index is 2.16. The lowest BCUT2D eigenvalue weighted by Crippen LogP contribution is -2.41. The van der Waals surface area contributed by atoms with Gasteiger partial charge in [0.2, 0.25) is 5.95 Å². The topological polar surface area (TPSA) is 33.2 Å². The fraction of sp³-hybridized carbons (Fsp3) is 0.600. The molecule has 4 heteroatoms. The number of aromatic nitrogens is 1. The summed E-state index contributed by atoms with van der Waals surface area (Å²) in [5, 5.41) is 0. The highest BCUT2D eigenvalue weighted by molar-refractivity contribution is 5.94. The quantitative estimate of drug-likeness (QED) is 0.782. The second-order valence-electron chi connectivity index (χ2n) is 5.66. The summed E-state index contributed by atoms with van der Waals surface area (Å²) in [4.78, 5) is 18.1. The molecule has 1 aliphatic rings. The molecule has 0 atom stereocenters. The van der Waals surface area contributed by atoms with Gasteiger partial charge in [-0.15, -0.1) is 0 Å². The van der Waals surface area contributed by atoms with Gasteiger partial charge in [0.25, 0.3) is 5.91 Å². The van der Waals surface area contributed by atoms with Crippen LogP contribution in [0.5, 0.6) is 0 Å². The van der Waals surface area contributed by atoms with Crippen LogP contribution in [-0.2, 0) is 0 Å². The third-order valence-electron chi connectivity index (χ3n) is 3.56. The van der Waals surface area contributed by atoms with E-state index in [0.717, 1.165) is 19.4 Å². The van der Waals surface area contributed by atoms with Crippen LogP contribution in [0.3, 0.4) is 0 Å². The molecule has 0 aromatic carbocycles. The van der Waals surface area contributed by atoms with E-state index < -0.39 is 5.95 Å². The van der Waals surface area contributed by atoms with Crippen molar-refractivity contribution in [2.75, 3.05) is 6.54 Å². The van der Waals surface area contributed by atoms with Crippen molar-refractivity contribution in [3.8, 4) is 0 Å². The Labute approximate surface area is 113 Å². The molecule has 1 aliphatic carbocycles. The standard InChI is InChI=1S/C15H21FN2O/c1-11(2)10-18(13-5-3-4-6-13)15(19)12-7-8-14(16)17-9-12/h7-9,11,13H,3-6,10H2,1-2H3. The van der Waals surface area contributed by atoms with Crippen LogP contribution in [0, 0.1) is 11.9 Å². The molecule has 0 spiro atoms. The van der Waals surface area contributed by atoms with Crippen LogP contribution in [0.2, 0.25) is 0 Å². The number of pyridine rings is 1. The van der Waals surface area contributed by atoms with E-state index in [1.807, 2.05) is 4.90 Å². The second kappa shape index (κ2) is 6.13. The molecule has 0 unspecified atom stereocenters. The molecular formula is C15H21FN2O. The van der Waals surface area contributed by atoms with Crippen LogP contribution in [0.4, 0.5) is 4.39 Å². The third-order valence-corrected chi connectivity index (χ3v) is 3.56. The normalized spacial score (nSPS) is 16.0.